The number of hydrazine groups is 1. The molecule has 0 bridgehead atoms. The fraction of sp³-hybridized carbons (Fsp3) is 0.130. The molecule has 0 fully saturated rings. The molecule has 10 heteroatoms. The summed E-state index contributed by atoms with van der Waals surface area (Å²) in [7, 11) is 0. The number of pyridine rings is 1. The summed E-state index contributed by atoms with van der Waals surface area (Å²) in [6.45, 7) is -0.235. The van der Waals surface area contributed by atoms with E-state index in [0.717, 1.165) is 5.56 Å². The molecular formula is C23H21ClN4O5. The van der Waals surface area contributed by atoms with Crippen molar-refractivity contribution in [1.29, 1.82) is 0 Å². The zero-order valence-corrected chi connectivity index (χ0v) is 18.2. The molecule has 33 heavy (non-hydrogen) atoms. The van der Waals surface area contributed by atoms with Crippen molar-refractivity contribution in [3.05, 3.63) is 89.2 Å². The monoisotopic (exact) mass is 468 g/mol. The summed E-state index contributed by atoms with van der Waals surface area (Å²) in [6.07, 6.45) is 1.38. The fourth-order valence-electron chi connectivity index (χ4n) is 2.52. The highest BCUT2D eigenvalue weighted by atomic mass is 35.5. The molecule has 0 aliphatic carbocycles. The van der Waals surface area contributed by atoms with Crippen LogP contribution in [0.1, 0.15) is 16.1 Å². The van der Waals surface area contributed by atoms with E-state index in [2.05, 4.69) is 21.2 Å². The number of amides is 3. The van der Waals surface area contributed by atoms with Gasteiger partial charge in [-0.25, -0.2) is 0 Å². The second kappa shape index (κ2) is 12.1. The molecule has 9 nitrogen and oxygen atoms in total. The molecule has 3 amide bonds. The number of ether oxygens (including phenoxy) is 2. The number of nitrogens with one attached hydrogen (secondary N) is 3. The Morgan fingerprint density at radius 1 is 0.848 bits per heavy atom. The van der Waals surface area contributed by atoms with E-state index in [1.807, 2.05) is 30.3 Å². The molecule has 0 aliphatic heterocycles. The molecule has 0 saturated carbocycles. The summed E-state index contributed by atoms with van der Waals surface area (Å²) < 4.78 is 11.1. The van der Waals surface area contributed by atoms with Crippen molar-refractivity contribution in [2.24, 2.45) is 0 Å². The van der Waals surface area contributed by atoms with Crippen LogP contribution in [-0.2, 0) is 16.2 Å². The van der Waals surface area contributed by atoms with Crippen molar-refractivity contribution in [2.45, 2.75) is 6.61 Å². The minimum absolute atomic E-state index is 0.0734. The number of halogens is 1. The van der Waals surface area contributed by atoms with Crippen molar-refractivity contribution < 1.29 is 23.9 Å². The number of carbonyl (C=O) groups is 3. The van der Waals surface area contributed by atoms with Crippen LogP contribution in [-0.4, -0.2) is 35.9 Å². The molecule has 3 aromatic rings. The van der Waals surface area contributed by atoms with E-state index in [9.17, 15) is 14.4 Å². The minimum atomic E-state index is -0.626. The lowest BCUT2D eigenvalue weighted by molar-refractivity contribution is -0.129. The Bertz CT molecular complexity index is 1090. The fourth-order valence-corrected chi connectivity index (χ4v) is 2.68. The maximum Gasteiger partial charge on any atom is 0.276 e. The van der Waals surface area contributed by atoms with Gasteiger partial charge in [0.15, 0.2) is 6.61 Å². The molecule has 3 rings (SSSR count). The van der Waals surface area contributed by atoms with Crippen LogP contribution >= 0.6 is 11.6 Å². The number of carbonyl (C=O) groups excluding carboxylic acids is 3. The quantitative estimate of drug-likeness (QED) is 0.414. The minimum Gasteiger partial charge on any atom is -0.489 e. The van der Waals surface area contributed by atoms with Gasteiger partial charge in [0.05, 0.1) is 6.54 Å². The summed E-state index contributed by atoms with van der Waals surface area (Å²) in [5, 5.41) is 2.72. The first kappa shape index (κ1) is 23.6. The molecule has 0 spiro atoms. The average molecular weight is 469 g/mol. The lowest BCUT2D eigenvalue weighted by Gasteiger charge is -2.10. The van der Waals surface area contributed by atoms with Gasteiger partial charge in [0, 0.05) is 11.2 Å². The smallest absolute Gasteiger partial charge is 0.276 e. The molecule has 0 radical (unpaired) electrons. The summed E-state index contributed by atoms with van der Waals surface area (Å²) in [4.78, 5) is 39.4. The number of nitrogens with zero attached hydrogens (tertiary/aromatic N) is 1. The van der Waals surface area contributed by atoms with Gasteiger partial charge in [0.25, 0.3) is 17.7 Å². The Balaban J connectivity index is 1.32. The molecule has 1 heterocycles. The van der Waals surface area contributed by atoms with E-state index >= 15 is 0 Å². The van der Waals surface area contributed by atoms with E-state index in [-0.39, 0.29) is 18.8 Å². The number of hydrogen-bond acceptors (Lipinski definition) is 6. The van der Waals surface area contributed by atoms with Crippen LogP contribution < -0.4 is 25.6 Å². The molecule has 0 atom stereocenters. The van der Waals surface area contributed by atoms with Gasteiger partial charge < -0.3 is 14.8 Å². The van der Waals surface area contributed by atoms with E-state index < -0.39 is 17.7 Å². The standard InChI is InChI=1S/C23H21ClN4O5/c24-17-10-11-25-20(12-17)23(31)26-13-21(29)27-28-22(30)15-33-19-8-6-18(7-9-19)32-14-16-4-2-1-3-5-16/h1-12H,13-15H2,(H,26,31)(H,27,29)(H,28,30). The SMILES string of the molecule is O=C(CNC(=O)c1cc(Cl)ccn1)NNC(=O)COc1ccc(OCc2ccccc2)cc1. The number of hydrogen-bond donors (Lipinski definition) is 3. The van der Waals surface area contributed by atoms with Gasteiger partial charge in [0.1, 0.15) is 23.8 Å². The Morgan fingerprint density at radius 3 is 2.21 bits per heavy atom. The molecule has 170 valence electrons. The lowest BCUT2D eigenvalue weighted by atomic mass is 10.2. The Labute approximate surface area is 195 Å². The Hall–Kier alpha value is -4.11. The maximum absolute atomic E-state index is 11.9. The molecular weight excluding hydrogens is 448 g/mol. The number of rotatable bonds is 9. The van der Waals surface area contributed by atoms with E-state index in [1.165, 1.54) is 18.3 Å². The third-order valence-corrected chi connectivity index (χ3v) is 4.38. The van der Waals surface area contributed by atoms with Gasteiger partial charge in [-0.3, -0.25) is 30.2 Å². The van der Waals surface area contributed by atoms with Gasteiger partial charge in [-0.1, -0.05) is 41.9 Å². The normalized spacial score (nSPS) is 10.1. The van der Waals surface area contributed by atoms with Gasteiger partial charge in [-0.05, 0) is 42.0 Å². The van der Waals surface area contributed by atoms with Crippen molar-refractivity contribution in [3.8, 4) is 11.5 Å². The van der Waals surface area contributed by atoms with Gasteiger partial charge >= 0.3 is 0 Å². The Kier molecular flexibility index (Phi) is 8.61. The van der Waals surface area contributed by atoms with Gasteiger partial charge in [-0.15, -0.1) is 0 Å². The van der Waals surface area contributed by atoms with Crippen molar-refractivity contribution in [3.63, 3.8) is 0 Å². The predicted molar refractivity (Wildman–Crippen MR) is 121 cm³/mol. The van der Waals surface area contributed by atoms with Gasteiger partial charge in [0.2, 0.25) is 0 Å². The number of aromatic nitrogens is 1. The molecule has 0 saturated heterocycles. The average Bonchev–Trinajstić information content (AvgIpc) is 2.84. The second-order valence-corrected chi connectivity index (χ2v) is 7.11. The first-order valence-corrected chi connectivity index (χ1v) is 10.2. The van der Waals surface area contributed by atoms with Crippen molar-refractivity contribution >= 4 is 29.3 Å². The Morgan fingerprint density at radius 2 is 1.52 bits per heavy atom. The van der Waals surface area contributed by atoms with E-state index in [1.54, 1.807) is 24.3 Å². The summed E-state index contributed by atoms with van der Waals surface area (Å²) in [6, 6.07) is 19.5. The van der Waals surface area contributed by atoms with Gasteiger partial charge in [-0.2, -0.15) is 0 Å². The first-order valence-electron chi connectivity index (χ1n) is 9.86. The van der Waals surface area contributed by atoms with Crippen LogP contribution in [0.15, 0.2) is 72.9 Å². The van der Waals surface area contributed by atoms with Crippen molar-refractivity contribution in [2.75, 3.05) is 13.2 Å². The van der Waals surface area contributed by atoms with Crippen LogP contribution in [0.4, 0.5) is 0 Å². The third-order valence-electron chi connectivity index (χ3n) is 4.15. The summed E-state index contributed by atoms with van der Waals surface area (Å²) >= 11 is 5.79. The predicted octanol–water partition coefficient (Wildman–Crippen LogP) is 2.27. The van der Waals surface area contributed by atoms with E-state index in [0.29, 0.717) is 23.1 Å². The largest absolute Gasteiger partial charge is 0.489 e. The molecule has 0 unspecified atom stereocenters. The van der Waals surface area contributed by atoms with Crippen LogP contribution in [0.5, 0.6) is 11.5 Å². The summed E-state index contributed by atoms with van der Waals surface area (Å²) in [5.41, 5.74) is 5.50. The first-order chi connectivity index (χ1) is 16.0. The maximum atomic E-state index is 11.9. The van der Waals surface area contributed by atoms with Crippen LogP contribution in [0, 0.1) is 0 Å². The third kappa shape index (κ3) is 8.15. The molecule has 1 aromatic heterocycles. The van der Waals surface area contributed by atoms with E-state index in [4.69, 9.17) is 21.1 Å². The van der Waals surface area contributed by atoms with Crippen LogP contribution in [0.25, 0.3) is 0 Å². The highest BCUT2D eigenvalue weighted by Gasteiger charge is 2.11. The topological polar surface area (TPSA) is 119 Å². The molecule has 2 aromatic carbocycles. The lowest BCUT2D eigenvalue weighted by Crippen LogP contribution is -2.47. The highest BCUT2D eigenvalue weighted by molar-refractivity contribution is 6.30. The van der Waals surface area contributed by atoms with Crippen LogP contribution in [0.2, 0.25) is 5.02 Å². The highest BCUT2D eigenvalue weighted by Crippen LogP contribution is 2.18. The zero-order valence-electron chi connectivity index (χ0n) is 17.4. The van der Waals surface area contributed by atoms with Crippen molar-refractivity contribution in [1.82, 2.24) is 21.2 Å². The molecule has 3 N–H and O–H groups in total. The van der Waals surface area contributed by atoms with Crippen LogP contribution in [0.3, 0.4) is 0 Å². The number of benzene rings is 2. The molecule has 0 aliphatic rings. The summed E-state index contributed by atoms with van der Waals surface area (Å²) in [5.74, 6) is -0.643. The second-order valence-electron chi connectivity index (χ2n) is 6.67. The zero-order chi connectivity index (χ0) is 23.5.